The first kappa shape index (κ1) is 18.9. The third-order valence-corrected chi connectivity index (χ3v) is 5.17. The highest BCUT2D eigenvalue weighted by atomic mass is 32.2. The summed E-state index contributed by atoms with van der Waals surface area (Å²) in [5, 5.41) is 16.0. The number of nitro groups is 1. The second kappa shape index (κ2) is 8.24. The fraction of sp³-hybridized carbons (Fsp3) is 0.105. The molecule has 1 amide bonds. The number of nitro benzene ring substituents is 1. The van der Waals surface area contributed by atoms with E-state index in [9.17, 15) is 14.9 Å². The molecule has 0 spiro atoms. The van der Waals surface area contributed by atoms with Crippen molar-refractivity contribution < 1.29 is 9.72 Å². The average molecular weight is 397 g/mol. The number of non-ortho nitro benzene ring substituents is 1. The van der Waals surface area contributed by atoms with Gasteiger partial charge in [0.15, 0.2) is 4.32 Å². The Labute approximate surface area is 165 Å². The minimum absolute atomic E-state index is 0.00483. The van der Waals surface area contributed by atoms with Crippen LogP contribution in [0.5, 0.6) is 0 Å². The Morgan fingerprint density at radius 3 is 2.37 bits per heavy atom. The van der Waals surface area contributed by atoms with Crippen LogP contribution in [0.2, 0.25) is 0 Å². The topological polar surface area (TPSA) is 75.8 Å². The number of carbonyl (C=O) groups excluding carboxylic acids is 1. The summed E-state index contributed by atoms with van der Waals surface area (Å²) in [6.45, 7) is 2.09. The van der Waals surface area contributed by atoms with Gasteiger partial charge >= 0.3 is 0 Å². The third-order valence-electron chi connectivity index (χ3n) is 3.89. The Kier molecular flexibility index (Phi) is 5.78. The van der Waals surface area contributed by atoms with Crippen LogP contribution in [0.3, 0.4) is 0 Å². The maximum absolute atomic E-state index is 12.6. The first-order chi connectivity index (χ1) is 13.0. The highest BCUT2D eigenvalue weighted by Gasteiger charge is 2.32. The van der Waals surface area contributed by atoms with Crippen molar-refractivity contribution in [3.63, 3.8) is 0 Å². The van der Waals surface area contributed by atoms with E-state index in [0.29, 0.717) is 14.8 Å². The largest absolute Gasteiger partial charge is 0.286 e. The first-order valence-electron chi connectivity index (χ1n) is 8.13. The number of thioether (sulfide) groups is 1. The molecule has 8 heteroatoms. The number of carbonyl (C=O) groups is 1. The molecule has 0 radical (unpaired) electrons. The van der Waals surface area contributed by atoms with Crippen molar-refractivity contribution in [1.82, 2.24) is 5.01 Å². The van der Waals surface area contributed by atoms with E-state index in [1.165, 1.54) is 35.7 Å². The monoisotopic (exact) mass is 397 g/mol. The third kappa shape index (κ3) is 4.47. The maximum Gasteiger partial charge on any atom is 0.286 e. The highest BCUT2D eigenvalue weighted by molar-refractivity contribution is 8.26. The van der Waals surface area contributed by atoms with Gasteiger partial charge < -0.3 is 0 Å². The molecule has 0 aliphatic carbocycles. The van der Waals surface area contributed by atoms with Crippen molar-refractivity contribution in [3.05, 3.63) is 80.2 Å². The lowest BCUT2D eigenvalue weighted by molar-refractivity contribution is -0.384. The molecule has 1 saturated heterocycles. The molecule has 1 heterocycles. The smallest absolute Gasteiger partial charge is 0.266 e. The van der Waals surface area contributed by atoms with Crippen LogP contribution >= 0.6 is 24.0 Å². The summed E-state index contributed by atoms with van der Waals surface area (Å²) in [7, 11) is 0. The van der Waals surface area contributed by atoms with E-state index in [4.69, 9.17) is 12.2 Å². The van der Waals surface area contributed by atoms with E-state index in [-0.39, 0.29) is 11.6 Å². The van der Waals surface area contributed by atoms with E-state index in [2.05, 4.69) is 12.0 Å². The van der Waals surface area contributed by atoms with Gasteiger partial charge in [-0.3, -0.25) is 14.9 Å². The Hall–Kier alpha value is -2.84. The van der Waals surface area contributed by atoms with Gasteiger partial charge in [-0.05, 0) is 53.5 Å². The SMILES string of the molecule is CCc1ccc(/C=C2/SC(=S)N(/N=C/c3ccc([N+](=O)[O-])cc3)C2=O)cc1. The molecule has 6 nitrogen and oxygen atoms in total. The first-order valence-corrected chi connectivity index (χ1v) is 9.35. The second-order valence-corrected chi connectivity index (χ2v) is 7.36. The number of benzene rings is 2. The van der Waals surface area contributed by atoms with Crippen LogP contribution in [-0.2, 0) is 11.2 Å². The number of hydrazone groups is 1. The molecular formula is C19H15N3O3S2. The van der Waals surface area contributed by atoms with Crippen LogP contribution in [-0.4, -0.2) is 26.4 Å². The Balaban J connectivity index is 1.75. The van der Waals surface area contributed by atoms with Gasteiger partial charge in [-0.15, -0.1) is 0 Å². The lowest BCUT2D eigenvalue weighted by Gasteiger charge is -2.06. The number of hydrogen-bond acceptors (Lipinski definition) is 6. The van der Waals surface area contributed by atoms with Crippen molar-refractivity contribution >= 4 is 52.2 Å². The zero-order valence-electron chi connectivity index (χ0n) is 14.4. The summed E-state index contributed by atoms with van der Waals surface area (Å²) in [4.78, 5) is 23.3. The summed E-state index contributed by atoms with van der Waals surface area (Å²) in [6.07, 6.45) is 4.20. The average Bonchev–Trinajstić information content (AvgIpc) is 2.94. The molecule has 1 aliphatic rings. The fourth-order valence-corrected chi connectivity index (χ4v) is 3.54. The number of amides is 1. The van der Waals surface area contributed by atoms with Crippen molar-refractivity contribution in [1.29, 1.82) is 0 Å². The number of hydrogen-bond donors (Lipinski definition) is 0. The molecule has 0 unspecified atom stereocenters. The van der Waals surface area contributed by atoms with Crippen LogP contribution in [0.15, 0.2) is 58.5 Å². The zero-order chi connectivity index (χ0) is 19.4. The Morgan fingerprint density at radius 2 is 1.78 bits per heavy atom. The molecule has 0 aromatic heterocycles. The van der Waals surface area contributed by atoms with E-state index < -0.39 is 4.92 Å². The Bertz CT molecular complexity index is 951. The van der Waals surface area contributed by atoms with E-state index in [1.807, 2.05) is 24.3 Å². The van der Waals surface area contributed by atoms with Gasteiger partial charge in [0, 0.05) is 12.1 Å². The van der Waals surface area contributed by atoms with Crippen LogP contribution in [0.25, 0.3) is 6.08 Å². The van der Waals surface area contributed by atoms with Crippen molar-refractivity contribution in [3.8, 4) is 0 Å². The normalized spacial score (nSPS) is 15.9. The predicted molar refractivity (Wildman–Crippen MR) is 112 cm³/mol. The number of aryl methyl sites for hydroxylation is 1. The van der Waals surface area contributed by atoms with Gasteiger partial charge in [0.05, 0.1) is 16.0 Å². The van der Waals surface area contributed by atoms with Gasteiger partial charge in [0.2, 0.25) is 0 Å². The molecule has 27 heavy (non-hydrogen) atoms. The van der Waals surface area contributed by atoms with Gasteiger partial charge in [-0.25, -0.2) is 0 Å². The molecule has 0 N–H and O–H groups in total. The van der Waals surface area contributed by atoms with Crippen LogP contribution in [0.1, 0.15) is 23.6 Å². The molecule has 3 rings (SSSR count). The Morgan fingerprint density at radius 1 is 1.15 bits per heavy atom. The molecule has 136 valence electrons. The van der Waals surface area contributed by atoms with E-state index in [0.717, 1.165) is 17.0 Å². The second-order valence-electron chi connectivity index (χ2n) is 5.68. The standard InChI is InChI=1S/C19H15N3O3S2/c1-2-13-3-5-14(6-4-13)11-17-18(23)21(19(26)27-17)20-12-15-7-9-16(10-8-15)22(24)25/h3-12H,2H2,1H3/b17-11+,20-12+. The lowest BCUT2D eigenvalue weighted by Crippen LogP contribution is -2.22. The van der Waals surface area contributed by atoms with Crippen molar-refractivity contribution in [2.75, 3.05) is 0 Å². The van der Waals surface area contributed by atoms with Gasteiger partial charge in [0.25, 0.3) is 11.6 Å². The number of nitrogens with zero attached hydrogens (tertiary/aromatic N) is 3. The maximum atomic E-state index is 12.6. The van der Waals surface area contributed by atoms with Gasteiger partial charge in [-0.1, -0.05) is 43.0 Å². The highest BCUT2D eigenvalue weighted by Crippen LogP contribution is 2.32. The summed E-state index contributed by atoms with van der Waals surface area (Å²) >= 11 is 6.44. The molecule has 1 fully saturated rings. The summed E-state index contributed by atoms with van der Waals surface area (Å²) in [5.41, 5.74) is 2.78. The van der Waals surface area contributed by atoms with Crippen molar-refractivity contribution in [2.45, 2.75) is 13.3 Å². The minimum Gasteiger partial charge on any atom is -0.266 e. The molecule has 0 atom stereocenters. The molecule has 2 aromatic rings. The molecule has 1 aliphatic heterocycles. The van der Waals surface area contributed by atoms with Crippen LogP contribution < -0.4 is 0 Å². The molecule has 0 bridgehead atoms. The number of thiocarbonyl (C=S) groups is 1. The number of rotatable bonds is 5. The summed E-state index contributed by atoms with van der Waals surface area (Å²) in [6, 6.07) is 13.9. The fourth-order valence-electron chi connectivity index (χ4n) is 2.37. The van der Waals surface area contributed by atoms with Gasteiger partial charge in [0.1, 0.15) is 0 Å². The van der Waals surface area contributed by atoms with E-state index >= 15 is 0 Å². The van der Waals surface area contributed by atoms with Crippen LogP contribution in [0, 0.1) is 10.1 Å². The van der Waals surface area contributed by atoms with Crippen LogP contribution in [0.4, 0.5) is 5.69 Å². The van der Waals surface area contributed by atoms with Gasteiger partial charge in [-0.2, -0.15) is 10.1 Å². The quantitative estimate of drug-likeness (QED) is 0.246. The minimum atomic E-state index is -0.471. The molecule has 0 saturated carbocycles. The lowest BCUT2D eigenvalue weighted by atomic mass is 10.1. The molecular weight excluding hydrogens is 382 g/mol. The predicted octanol–water partition coefficient (Wildman–Crippen LogP) is 4.39. The molecule has 2 aromatic carbocycles. The zero-order valence-corrected chi connectivity index (χ0v) is 16.0. The summed E-state index contributed by atoms with van der Waals surface area (Å²) < 4.78 is 0.342. The van der Waals surface area contributed by atoms with Crippen molar-refractivity contribution in [2.24, 2.45) is 5.10 Å². The summed E-state index contributed by atoms with van der Waals surface area (Å²) in [5.74, 6) is -0.289. The van der Waals surface area contributed by atoms with E-state index in [1.54, 1.807) is 18.2 Å².